The summed E-state index contributed by atoms with van der Waals surface area (Å²) < 4.78 is 5.49. The highest BCUT2D eigenvalue weighted by Gasteiger charge is 2.37. The standard InChI is InChI=1S/C16H24N4O3/c1-4-16(2,3)23-15(22)20-11-7-8-12(20)14(21)19-18-13-9-5-6-10-17-13/h5-6,9-10,12H,4,7-8,11H2,1-3H3,(H,17,18)(H,19,21)/t12-/m0/s1. The van der Waals surface area contributed by atoms with Gasteiger partial charge in [0.15, 0.2) is 0 Å². The fraction of sp³-hybridized carbons (Fsp3) is 0.562. The summed E-state index contributed by atoms with van der Waals surface area (Å²) in [5.74, 6) is 0.277. The molecule has 1 aliphatic heterocycles. The van der Waals surface area contributed by atoms with E-state index in [0.717, 1.165) is 6.42 Å². The van der Waals surface area contributed by atoms with Crippen molar-refractivity contribution < 1.29 is 14.3 Å². The first-order valence-corrected chi connectivity index (χ1v) is 7.89. The molecule has 7 nitrogen and oxygen atoms in total. The molecule has 2 N–H and O–H groups in total. The van der Waals surface area contributed by atoms with Crippen molar-refractivity contribution in [2.24, 2.45) is 0 Å². The molecule has 0 aromatic carbocycles. The summed E-state index contributed by atoms with van der Waals surface area (Å²) in [5.41, 5.74) is 4.82. The molecule has 7 heteroatoms. The van der Waals surface area contributed by atoms with Gasteiger partial charge in [0.05, 0.1) is 0 Å². The third kappa shape index (κ3) is 4.58. The maximum absolute atomic E-state index is 12.3. The van der Waals surface area contributed by atoms with Crippen LogP contribution in [0.25, 0.3) is 0 Å². The number of hydrogen-bond acceptors (Lipinski definition) is 5. The van der Waals surface area contributed by atoms with Crippen LogP contribution in [0.15, 0.2) is 24.4 Å². The molecule has 0 aliphatic carbocycles. The number of nitrogens with one attached hydrogen (secondary N) is 2. The molecule has 126 valence electrons. The van der Waals surface area contributed by atoms with Gasteiger partial charge < -0.3 is 4.74 Å². The fourth-order valence-corrected chi connectivity index (χ4v) is 2.27. The molecular weight excluding hydrogens is 296 g/mol. The molecule has 0 spiro atoms. The second-order valence-electron chi connectivity index (χ2n) is 6.16. The van der Waals surface area contributed by atoms with E-state index in [1.807, 2.05) is 26.8 Å². The number of anilines is 1. The minimum atomic E-state index is -0.535. The Morgan fingerprint density at radius 1 is 1.43 bits per heavy atom. The van der Waals surface area contributed by atoms with Gasteiger partial charge in [0.25, 0.3) is 5.91 Å². The van der Waals surface area contributed by atoms with Crippen molar-refractivity contribution in [2.75, 3.05) is 12.0 Å². The lowest BCUT2D eigenvalue weighted by molar-refractivity contribution is -0.125. The number of carbonyl (C=O) groups is 2. The molecule has 2 heterocycles. The lowest BCUT2D eigenvalue weighted by Crippen LogP contribution is -2.49. The Morgan fingerprint density at radius 3 is 2.87 bits per heavy atom. The Bertz CT molecular complexity index is 548. The topological polar surface area (TPSA) is 83.6 Å². The summed E-state index contributed by atoms with van der Waals surface area (Å²) in [5, 5.41) is 0. The van der Waals surface area contributed by atoms with E-state index in [2.05, 4.69) is 15.8 Å². The van der Waals surface area contributed by atoms with Gasteiger partial charge in [0.2, 0.25) is 0 Å². The number of likely N-dealkylation sites (tertiary alicyclic amines) is 1. The molecule has 0 bridgehead atoms. The predicted octanol–water partition coefficient (Wildman–Crippen LogP) is 2.31. The highest BCUT2D eigenvalue weighted by Crippen LogP contribution is 2.22. The van der Waals surface area contributed by atoms with Crippen LogP contribution in [0.1, 0.15) is 40.0 Å². The van der Waals surface area contributed by atoms with Gasteiger partial charge in [-0.1, -0.05) is 13.0 Å². The number of hydrogen-bond donors (Lipinski definition) is 2. The van der Waals surface area contributed by atoms with Crippen LogP contribution in [0.2, 0.25) is 0 Å². The molecule has 1 aromatic heterocycles. The van der Waals surface area contributed by atoms with Crippen LogP contribution in [0.4, 0.5) is 10.6 Å². The van der Waals surface area contributed by atoms with E-state index in [0.29, 0.717) is 25.2 Å². The lowest BCUT2D eigenvalue weighted by atomic mass is 10.1. The van der Waals surface area contributed by atoms with Crippen molar-refractivity contribution >= 4 is 17.8 Å². The van der Waals surface area contributed by atoms with Crippen molar-refractivity contribution in [3.8, 4) is 0 Å². The molecule has 0 saturated carbocycles. The summed E-state index contributed by atoms with van der Waals surface area (Å²) in [6.45, 7) is 6.20. The Hall–Kier alpha value is -2.31. The van der Waals surface area contributed by atoms with Gasteiger partial charge >= 0.3 is 6.09 Å². The normalized spacial score (nSPS) is 17.7. The van der Waals surface area contributed by atoms with Gasteiger partial charge in [-0.05, 0) is 45.2 Å². The Kier molecular flexibility index (Phi) is 5.41. The number of nitrogens with zero attached hydrogens (tertiary/aromatic N) is 2. The Labute approximate surface area is 136 Å². The summed E-state index contributed by atoms with van der Waals surface area (Å²) in [6, 6.07) is 4.82. The molecule has 1 fully saturated rings. The SMILES string of the molecule is CCC(C)(C)OC(=O)N1CCC[C@H]1C(=O)NNc1ccccn1. The van der Waals surface area contributed by atoms with Gasteiger partial charge in [-0.2, -0.15) is 0 Å². The molecule has 1 saturated heterocycles. The predicted molar refractivity (Wildman–Crippen MR) is 86.6 cm³/mol. The number of aromatic nitrogens is 1. The van der Waals surface area contributed by atoms with E-state index in [1.165, 1.54) is 4.90 Å². The number of carbonyl (C=O) groups excluding carboxylic acids is 2. The highest BCUT2D eigenvalue weighted by molar-refractivity contribution is 5.87. The van der Waals surface area contributed by atoms with E-state index in [1.54, 1.807) is 18.3 Å². The van der Waals surface area contributed by atoms with E-state index >= 15 is 0 Å². The zero-order valence-corrected chi connectivity index (χ0v) is 13.8. The minimum absolute atomic E-state index is 0.264. The summed E-state index contributed by atoms with van der Waals surface area (Å²) in [4.78, 5) is 30.2. The maximum atomic E-state index is 12.3. The maximum Gasteiger partial charge on any atom is 0.410 e. The van der Waals surface area contributed by atoms with E-state index in [9.17, 15) is 9.59 Å². The molecule has 2 rings (SSSR count). The molecule has 1 aromatic rings. The van der Waals surface area contributed by atoms with Crippen LogP contribution in [-0.4, -0.2) is 40.1 Å². The van der Waals surface area contributed by atoms with Crippen molar-refractivity contribution in [3.05, 3.63) is 24.4 Å². The van der Waals surface area contributed by atoms with E-state index in [-0.39, 0.29) is 5.91 Å². The van der Waals surface area contributed by atoms with Crippen LogP contribution in [0, 0.1) is 0 Å². The van der Waals surface area contributed by atoms with E-state index < -0.39 is 17.7 Å². The molecule has 0 unspecified atom stereocenters. The number of ether oxygens (including phenoxy) is 1. The quantitative estimate of drug-likeness (QED) is 0.813. The number of amides is 2. The first kappa shape index (κ1) is 17.1. The van der Waals surface area contributed by atoms with Crippen LogP contribution in [-0.2, 0) is 9.53 Å². The molecule has 23 heavy (non-hydrogen) atoms. The average molecular weight is 320 g/mol. The van der Waals surface area contributed by atoms with Crippen LogP contribution in [0.5, 0.6) is 0 Å². The Morgan fingerprint density at radius 2 is 2.22 bits per heavy atom. The van der Waals surface area contributed by atoms with Crippen molar-refractivity contribution in [1.82, 2.24) is 15.3 Å². The van der Waals surface area contributed by atoms with Gasteiger partial charge in [-0.15, -0.1) is 0 Å². The van der Waals surface area contributed by atoms with E-state index in [4.69, 9.17) is 4.74 Å². The summed E-state index contributed by atoms with van der Waals surface area (Å²) in [6.07, 6.45) is 3.30. The average Bonchev–Trinajstić information content (AvgIpc) is 3.03. The lowest BCUT2D eigenvalue weighted by Gasteiger charge is -2.29. The molecule has 1 aliphatic rings. The van der Waals surface area contributed by atoms with Crippen LogP contribution in [0.3, 0.4) is 0 Å². The van der Waals surface area contributed by atoms with Crippen LogP contribution < -0.4 is 10.9 Å². The minimum Gasteiger partial charge on any atom is -0.443 e. The van der Waals surface area contributed by atoms with Gasteiger partial charge in [-0.3, -0.25) is 20.5 Å². The number of hydrazine groups is 1. The van der Waals surface area contributed by atoms with Crippen LogP contribution >= 0.6 is 0 Å². The second-order valence-corrected chi connectivity index (χ2v) is 6.16. The second kappa shape index (κ2) is 7.30. The Balaban J connectivity index is 1.92. The first-order valence-electron chi connectivity index (χ1n) is 7.89. The number of pyridine rings is 1. The molecular formula is C16H24N4O3. The molecule has 1 atom stereocenters. The zero-order chi connectivity index (χ0) is 16.9. The zero-order valence-electron chi connectivity index (χ0n) is 13.8. The van der Waals surface area contributed by atoms with Crippen molar-refractivity contribution in [3.63, 3.8) is 0 Å². The summed E-state index contributed by atoms with van der Waals surface area (Å²) >= 11 is 0. The van der Waals surface area contributed by atoms with Crippen molar-refractivity contribution in [2.45, 2.75) is 51.7 Å². The third-order valence-electron chi connectivity index (χ3n) is 3.98. The molecule has 0 radical (unpaired) electrons. The summed E-state index contributed by atoms with van der Waals surface area (Å²) in [7, 11) is 0. The van der Waals surface area contributed by atoms with Gasteiger partial charge in [0, 0.05) is 12.7 Å². The fourth-order valence-electron chi connectivity index (χ4n) is 2.27. The van der Waals surface area contributed by atoms with Gasteiger partial charge in [0.1, 0.15) is 17.5 Å². The smallest absolute Gasteiger partial charge is 0.410 e. The third-order valence-corrected chi connectivity index (χ3v) is 3.98. The number of rotatable bonds is 5. The monoisotopic (exact) mass is 320 g/mol. The van der Waals surface area contributed by atoms with Gasteiger partial charge in [-0.25, -0.2) is 9.78 Å². The van der Waals surface area contributed by atoms with Crippen molar-refractivity contribution in [1.29, 1.82) is 0 Å². The highest BCUT2D eigenvalue weighted by atomic mass is 16.6. The largest absolute Gasteiger partial charge is 0.443 e. The molecule has 2 amide bonds. The first-order chi connectivity index (χ1) is 10.9.